The number of carbonyl (C=O) groups excluding carboxylic acids is 2. The molecule has 76 valence electrons. The summed E-state index contributed by atoms with van der Waals surface area (Å²) in [7, 11) is 0. The Morgan fingerprint density at radius 3 is 2.38 bits per heavy atom. The van der Waals surface area contributed by atoms with Gasteiger partial charge in [-0.25, -0.2) is 0 Å². The molecule has 0 aliphatic heterocycles. The van der Waals surface area contributed by atoms with Gasteiger partial charge in [0.05, 0.1) is 12.0 Å². The van der Waals surface area contributed by atoms with Crippen LogP contribution >= 0.6 is 23.4 Å². The zero-order valence-corrected chi connectivity index (χ0v) is 9.45. The third-order valence-electron chi connectivity index (χ3n) is 1.24. The molecule has 0 spiro atoms. The molecule has 13 heavy (non-hydrogen) atoms. The summed E-state index contributed by atoms with van der Waals surface area (Å²) in [6.45, 7) is 5.25. The van der Waals surface area contributed by atoms with Gasteiger partial charge in [0.25, 0.3) is 0 Å². The maximum absolute atomic E-state index is 11.1. The number of carbonyl (C=O) groups is 2. The van der Waals surface area contributed by atoms with E-state index < -0.39 is 10.6 Å². The van der Waals surface area contributed by atoms with Crippen molar-refractivity contribution < 1.29 is 14.3 Å². The van der Waals surface area contributed by atoms with E-state index in [-0.39, 0.29) is 11.1 Å². The van der Waals surface area contributed by atoms with Crippen LogP contribution in [0.25, 0.3) is 0 Å². The number of esters is 1. The maximum Gasteiger partial charge on any atom is 0.319 e. The molecule has 0 aromatic rings. The van der Waals surface area contributed by atoms with Crippen molar-refractivity contribution in [3.63, 3.8) is 0 Å². The number of hydrogen-bond acceptors (Lipinski definition) is 4. The fraction of sp³-hybridized carbons (Fsp3) is 0.750. The molecule has 0 rings (SSSR count). The number of thioether (sulfide) groups is 1. The van der Waals surface area contributed by atoms with E-state index in [9.17, 15) is 9.59 Å². The standard InChI is InChI=1S/C8H13ClO3S/c1-4-12-7(10)6(3)13-8(11)5(2)9/h5-6H,4H2,1-3H3. The van der Waals surface area contributed by atoms with Crippen LogP contribution in [0.4, 0.5) is 0 Å². The molecule has 3 nitrogen and oxygen atoms in total. The van der Waals surface area contributed by atoms with E-state index in [0.717, 1.165) is 11.8 Å². The molecule has 2 unspecified atom stereocenters. The van der Waals surface area contributed by atoms with Crippen LogP contribution in [0.3, 0.4) is 0 Å². The molecule has 0 aromatic carbocycles. The van der Waals surface area contributed by atoms with Gasteiger partial charge in [-0.2, -0.15) is 0 Å². The Bertz CT molecular complexity index is 194. The van der Waals surface area contributed by atoms with Gasteiger partial charge in [-0.15, -0.1) is 11.6 Å². The Balaban J connectivity index is 3.92. The van der Waals surface area contributed by atoms with Crippen molar-refractivity contribution in [2.24, 2.45) is 0 Å². The minimum absolute atomic E-state index is 0.206. The Kier molecular flexibility index (Phi) is 6.16. The Morgan fingerprint density at radius 1 is 1.46 bits per heavy atom. The van der Waals surface area contributed by atoms with Crippen molar-refractivity contribution in [3.05, 3.63) is 0 Å². The van der Waals surface area contributed by atoms with E-state index in [0.29, 0.717) is 6.61 Å². The second kappa shape index (κ2) is 6.27. The van der Waals surface area contributed by atoms with E-state index in [1.165, 1.54) is 0 Å². The number of alkyl halides is 1. The van der Waals surface area contributed by atoms with Crippen LogP contribution in [0.15, 0.2) is 0 Å². The summed E-state index contributed by atoms with van der Waals surface area (Å²) in [6.07, 6.45) is 0. The Morgan fingerprint density at radius 2 is 2.00 bits per heavy atom. The van der Waals surface area contributed by atoms with Gasteiger partial charge in [-0.05, 0) is 20.8 Å². The van der Waals surface area contributed by atoms with Gasteiger partial charge in [-0.3, -0.25) is 9.59 Å². The molecule has 0 aliphatic carbocycles. The van der Waals surface area contributed by atoms with Gasteiger partial charge in [0.1, 0.15) is 5.25 Å². The minimum atomic E-state index is -0.568. The first-order valence-electron chi connectivity index (χ1n) is 4.00. The molecule has 0 radical (unpaired) electrons. The van der Waals surface area contributed by atoms with E-state index in [2.05, 4.69) is 0 Å². The number of hydrogen-bond donors (Lipinski definition) is 0. The highest BCUT2D eigenvalue weighted by molar-refractivity contribution is 8.14. The van der Waals surface area contributed by atoms with E-state index in [1.54, 1.807) is 20.8 Å². The fourth-order valence-corrected chi connectivity index (χ4v) is 1.43. The lowest BCUT2D eigenvalue weighted by Crippen LogP contribution is -2.20. The molecular formula is C8H13ClO3S. The molecule has 0 fully saturated rings. The van der Waals surface area contributed by atoms with Gasteiger partial charge < -0.3 is 4.74 Å². The van der Waals surface area contributed by atoms with Gasteiger partial charge in [0.2, 0.25) is 5.12 Å². The summed E-state index contributed by atoms with van der Waals surface area (Å²) in [4.78, 5) is 22.1. The summed E-state index contributed by atoms with van der Waals surface area (Å²) in [5.74, 6) is -0.377. The quantitative estimate of drug-likeness (QED) is 0.540. The Labute approximate surface area is 87.2 Å². The average molecular weight is 225 g/mol. The number of halogens is 1. The molecule has 0 N–H and O–H groups in total. The topological polar surface area (TPSA) is 43.4 Å². The first kappa shape index (κ1) is 12.8. The van der Waals surface area contributed by atoms with Gasteiger partial charge in [-0.1, -0.05) is 11.8 Å². The van der Waals surface area contributed by atoms with Crippen molar-refractivity contribution in [2.75, 3.05) is 6.61 Å². The largest absolute Gasteiger partial charge is 0.465 e. The van der Waals surface area contributed by atoms with E-state index in [4.69, 9.17) is 16.3 Å². The average Bonchev–Trinajstić information content (AvgIpc) is 2.04. The van der Waals surface area contributed by atoms with Gasteiger partial charge in [0.15, 0.2) is 0 Å². The SMILES string of the molecule is CCOC(=O)C(C)SC(=O)C(C)Cl. The molecular weight excluding hydrogens is 212 g/mol. The van der Waals surface area contributed by atoms with Crippen molar-refractivity contribution in [1.82, 2.24) is 0 Å². The monoisotopic (exact) mass is 224 g/mol. The predicted molar refractivity (Wildman–Crippen MR) is 54.0 cm³/mol. The summed E-state index contributed by atoms with van der Waals surface area (Å²) in [6, 6.07) is 0. The Hall–Kier alpha value is -0.220. The number of ether oxygens (including phenoxy) is 1. The van der Waals surface area contributed by atoms with Crippen molar-refractivity contribution in [3.8, 4) is 0 Å². The first-order valence-corrected chi connectivity index (χ1v) is 5.31. The zero-order chi connectivity index (χ0) is 10.4. The summed E-state index contributed by atoms with van der Waals surface area (Å²) >= 11 is 6.44. The summed E-state index contributed by atoms with van der Waals surface area (Å²) < 4.78 is 4.73. The second-order valence-electron chi connectivity index (χ2n) is 2.45. The van der Waals surface area contributed by atoms with Crippen LogP contribution in [0, 0.1) is 0 Å². The van der Waals surface area contributed by atoms with Crippen molar-refractivity contribution in [2.45, 2.75) is 31.4 Å². The van der Waals surface area contributed by atoms with E-state index >= 15 is 0 Å². The summed E-state index contributed by atoms with van der Waals surface area (Å²) in [5, 5.41) is -1.25. The molecule has 0 aromatic heterocycles. The predicted octanol–water partition coefficient (Wildman–Crippen LogP) is 1.83. The highest BCUT2D eigenvalue weighted by atomic mass is 35.5. The van der Waals surface area contributed by atoms with Crippen LogP contribution in [-0.4, -0.2) is 28.3 Å². The lowest BCUT2D eigenvalue weighted by Gasteiger charge is -2.09. The number of rotatable bonds is 4. The van der Waals surface area contributed by atoms with Gasteiger partial charge >= 0.3 is 5.97 Å². The van der Waals surface area contributed by atoms with Crippen molar-refractivity contribution in [1.29, 1.82) is 0 Å². The molecule has 5 heteroatoms. The molecule has 0 bridgehead atoms. The van der Waals surface area contributed by atoms with Crippen molar-refractivity contribution >= 4 is 34.4 Å². The van der Waals surface area contributed by atoms with Crippen LogP contribution < -0.4 is 0 Å². The third kappa shape index (κ3) is 5.16. The third-order valence-corrected chi connectivity index (χ3v) is 2.70. The molecule has 0 amide bonds. The van der Waals surface area contributed by atoms with Gasteiger partial charge in [0, 0.05) is 0 Å². The first-order chi connectivity index (χ1) is 5.99. The zero-order valence-electron chi connectivity index (χ0n) is 7.87. The molecule has 0 saturated carbocycles. The minimum Gasteiger partial charge on any atom is -0.465 e. The summed E-state index contributed by atoms with van der Waals surface area (Å²) in [5.41, 5.74) is 0. The smallest absolute Gasteiger partial charge is 0.319 e. The lowest BCUT2D eigenvalue weighted by molar-refractivity contribution is -0.142. The molecule has 0 saturated heterocycles. The molecule has 0 aliphatic rings. The van der Waals surface area contributed by atoms with Crippen LogP contribution in [0.2, 0.25) is 0 Å². The highest BCUT2D eigenvalue weighted by Crippen LogP contribution is 2.17. The van der Waals surface area contributed by atoms with Crippen LogP contribution in [0.5, 0.6) is 0 Å². The second-order valence-corrected chi connectivity index (χ2v) is 4.45. The molecule has 0 heterocycles. The maximum atomic E-state index is 11.1. The lowest BCUT2D eigenvalue weighted by atomic mass is 10.5. The van der Waals surface area contributed by atoms with Crippen LogP contribution in [0.1, 0.15) is 20.8 Å². The normalized spacial score (nSPS) is 14.8. The molecule has 2 atom stereocenters. The van der Waals surface area contributed by atoms with Crippen LogP contribution in [-0.2, 0) is 14.3 Å². The fourth-order valence-electron chi connectivity index (χ4n) is 0.576. The van der Waals surface area contributed by atoms with E-state index in [1.807, 2.05) is 0 Å². The highest BCUT2D eigenvalue weighted by Gasteiger charge is 2.21.